The Labute approximate surface area is 105 Å². The van der Waals surface area contributed by atoms with Crippen molar-refractivity contribution < 1.29 is 13.6 Å². The van der Waals surface area contributed by atoms with E-state index in [-0.39, 0.29) is 12.5 Å². The number of carbonyl (C=O) groups is 1. The van der Waals surface area contributed by atoms with E-state index in [0.29, 0.717) is 6.42 Å². The Kier molecular flexibility index (Phi) is 5.22. The van der Waals surface area contributed by atoms with Crippen LogP contribution in [0.25, 0.3) is 0 Å². The van der Waals surface area contributed by atoms with Crippen LogP contribution in [0.5, 0.6) is 0 Å². The zero-order chi connectivity index (χ0) is 13.7. The first kappa shape index (κ1) is 14.6. The van der Waals surface area contributed by atoms with E-state index in [1.54, 1.807) is 0 Å². The normalized spacial score (nSPS) is 12.6. The maximum absolute atomic E-state index is 13.4. The summed E-state index contributed by atoms with van der Waals surface area (Å²) in [5.74, 6) is -2.18. The van der Waals surface area contributed by atoms with Crippen molar-refractivity contribution in [1.82, 2.24) is 0 Å². The minimum atomic E-state index is -0.788. The molecular formula is C13H18F2N2O. The van der Waals surface area contributed by atoms with Crippen LogP contribution in [0, 0.1) is 23.5 Å². The predicted octanol–water partition coefficient (Wildman–Crippen LogP) is 2.52. The second kappa shape index (κ2) is 6.44. The van der Waals surface area contributed by atoms with Crippen LogP contribution >= 0.6 is 0 Å². The van der Waals surface area contributed by atoms with Gasteiger partial charge in [-0.2, -0.15) is 0 Å². The molecule has 0 saturated heterocycles. The zero-order valence-electron chi connectivity index (χ0n) is 10.5. The number of amides is 1. The highest BCUT2D eigenvalue weighted by Crippen LogP contribution is 2.20. The number of para-hydroxylation sites is 1. The van der Waals surface area contributed by atoms with Crippen molar-refractivity contribution in [3.63, 3.8) is 0 Å². The highest BCUT2D eigenvalue weighted by molar-refractivity contribution is 5.92. The molecule has 0 bridgehead atoms. The lowest BCUT2D eigenvalue weighted by molar-refractivity contribution is -0.120. The largest absolute Gasteiger partial charge is 0.330 e. The maximum atomic E-state index is 13.4. The lowest BCUT2D eigenvalue weighted by Gasteiger charge is -2.17. The fourth-order valence-electron chi connectivity index (χ4n) is 1.72. The number of rotatable bonds is 5. The monoisotopic (exact) mass is 256 g/mol. The van der Waals surface area contributed by atoms with E-state index in [4.69, 9.17) is 5.73 Å². The summed E-state index contributed by atoms with van der Waals surface area (Å²) >= 11 is 0. The van der Waals surface area contributed by atoms with Crippen LogP contribution in [0.2, 0.25) is 0 Å². The van der Waals surface area contributed by atoms with Gasteiger partial charge < -0.3 is 11.1 Å². The van der Waals surface area contributed by atoms with E-state index in [1.165, 1.54) is 6.07 Å². The molecule has 0 aromatic heterocycles. The van der Waals surface area contributed by atoms with E-state index in [0.717, 1.165) is 12.1 Å². The molecule has 0 aliphatic heterocycles. The number of nitrogens with two attached hydrogens (primary N) is 1. The molecule has 1 aromatic carbocycles. The summed E-state index contributed by atoms with van der Waals surface area (Å²) in [5.41, 5.74) is 5.09. The number of nitrogens with one attached hydrogen (secondary N) is 1. The van der Waals surface area contributed by atoms with Gasteiger partial charge in [0.25, 0.3) is 0 Å². The highest BCUT2D eigenvalue weighted by Gasteiger charge is 2.20. The Balaban J connectivity index is 2.80. The summed E-state index contributed by atoms with van der Waals surface area (Å²) in [7, 11) is 0. The average Bonchev–Trinajstić information content (AvgIpc) is 2.30. The molecule has 0 aliphatic rings. The number of hydrogen-bond acceptors (Lipinski definition) is 2. The van der Waals surface area contributed by atoms with Crippen LogP contribution in [0.15, 0.2) is 18.2 Å². The van der Waals surface area contributed by atoms with Gasteiger partial charge in [0.2, 0.25) is 5.91 Å². The van der Waals surface area contributed by atoms with E-state index < -0.39 is 29.1 Å². The van der Waals surface area contributed by atoms with E-state index in [9.17, 15) is 13.6 Å². The predicted molar refractivity (Wildman–Crippen MR) is 67.0 cm³/mol. The first-order valence-electron chi connectivity index (χ1n) is 5.90. The standard InChI is InChI=1S/C13H18F2N2O/c1-8(2)6-9(7-16)13(18)17-12-10(14)4-3-5-11(12)15/h3-5,8-9H,6-7,16H2,1-2H3,(H,17,18). The number of anilines is 1. The van der Waals surface area contributed by atoms with Gasteiger partial charge in [0.15, 0.2) is 0 Å². The van der Waals surface area contributed by atoms with Crippen molar-refractivity contribution in [2.45, 2.75) is 20.3 Å². The van der Waals surface area contributed by atoms with E-state index in [2.05, 4.69) is 5.32 Å². The maximum Gasteiger partial charge on any atom is 0.228 e. The number of hydrogen-bond donors (Lipinski definition) is 2. The van der Waals surface area contributed by atoms with Crippen molar-refractivity contribution in [3.05, 3.63) is 29.8 Å². The molecule has 0 aliphatic carbocycles. The Hall–Kier alpha value is -1.49. The highest BCUT2D eigenvalue weighted by atomic mass is 19.1. The molecule has 0 spiro atoms. The molecule has 0 radical (unpaired) electrons. The summed E-state index contributed by atoms with van der Waals surface area (Å²) in [6.45, 7) is 4.07. The third-order valence-electron chi connectivity index (χ3n) is 2.62. The Morgan fingerprint density at radius 1 is 1.33 bits per heavy atom. The molecule has 1 rings (SSSR count). The van der Waals surface area contributed by atoms with Gasteiger partial charge in [-0.05, 0) is 24.5 Å². The van der Waals surface area contributed by atoms with Crippen LogP contribution in [-0.4, -0.2) is 12.5 Å². The first-order chi connectivity index (χ1) is 8.45. The second-order valence-corrected chi connectivity index (χ2v) is 4.65. The molecule has 100 valence electrons. The molecule has 1 atom stereocenters. The second-order valence-electron chi connectivity index (χ2n) is 4.65. The molecule has 3 N–H and O–H groups in total. The molecule has 0 fully saturated rings. The number of benzene rings is 1. The average molecular weight is 256 g/mol. The SMILES string of the molecule is CC(C)CC(CN)C(=O)Nc1c(F)cccc1F. The van der Waals surface area contributed by atoms with Crippen molar-refractivity contribution in [3.8, 4) is 0 Å². The topological polar surface area (TPSA) is 55.1 Å². The molecule has 1 unspecified atom stereocenters. The fraction of sp³-hybridized carbons (Fsp3) is 0.462. The van der Waals surface area contributed by atoms with Crippen LogP contribution in [0.1, 0.15) is 20.3 Å². The summed E-state index contributed by atoms with van der Waals surface area (Å²) in [4.78, 5) is 11.9. The van der Waals surface area contributed by atoms with Gasteiger partial charge in [-0.25, -0.2) is 8.78 Å². The van der Waals surface area contributed by atoms with Gasteiger partial charge in [0.1, 0.15) is 17.3 Å². The fourth-order valence-corrected chi connectivity index (χ4v) is 1.72. The van der Waals surface area contributed by atoms with Gasteiger partial charge in [-0.1, -0.05) is 19.9 Å². The lowest BCUT2D eigenvalue weighted by atomic mass is 9.96. The van der Waals surface area contributed by atoms with Crippen LogP contribution in [0.3, 0.4) is 0 Å². The summed E-state index contributed by atoms with van der Waals surface area (Å²) in [6, 6.07) is 3.44. The van der Waals surface area contributed by atoms with E-state index in [1.807, 2.05) is 13.8 Å². The van der Waals surface area contributed by atoms with Gasteiger partial charge in [-0.15, -0.1) is 0 Å². The molecular weight excluding hydrogens is 238 g/mol. The summed E-state index contributed by atoms with van der Waals surface area (Å²) < 4.78 is 26.7. The summed E-state index contributed by atoms with van der Waals surface area (Å²) in [5, 5.41) is 2.27. The van der Waals surface area contributed by atoms with Gasteiger partial charge in [0, 0.05) is 6.54 Å². The quantitative estimate of drug-likeness (QED) is 0.850. The number of carbonyl (C=O) groups excluding carboxylic acids is 1. The van der Waals surface area contributed by atoms with Crippen LogP contribution in [0.4, 0.5) is 14.5 Å². The molecule has 1 amide bonds. The smallest absolute Gasteiger partial charge is 0.228 e. The molecule has 3 nitrogen and oxygen atoms in total. The Bertz CT molecular complexity index is 401. The minimum absolute atomic E-state index is 0.153. The number of halogens is 2. The lowest BCUT2D eigenvalue weighted by Crippen LogP contribution is -2.31. The van der Waals surface area contributed by atoms with Gasteiger partial charge >= 0.3 is 0 Å². The van der Waals surface area contributed by atoms with Crippen LogP contribution in [-0.2, 0) is 4.79 Å². The molecule has 1 aromatic rings. The van der Waals surface area contributed by atoms with Crippen molar-refractivity contribution in [2.75, 3.05) is 11.9 Å². The van der Waals surface area contributed by atoms with Gasteiger partial charge in [0.05, 0.1) is 5.92 Å². The molecule has 0 saturated carbocycles. The molecule has 18 heavy (non-hydrogen) atoms. The Morgan fingerprint density at radius 3 is 2.33 bits per heavy atom. The first-order valence-corrected chi connectivity index (χ1v) is 5.90. The van der Waals surface area contributed by atoms with Crippen molar-refractivity contribution in [2.24, 2.45) is 17.6 Å². The minimum Gasteiger partial charge on any atom is -0.330 e. The van der Waals surface area contributed by atoms with Crippen molar-refractivity contribution in [1.29, 1.82) is 0 Å². The van der Waals surface area contributed by atoms with E-state index >= 15 is 0 Å². The third kappa shape index (κ3) is 3.77. The van der Waals surface area contributed by atoms with Gasteiger partial charge in [-0.3, -0.25) is 4.79 Å². The van der Waals surface area contributed by atoms with Crippen molar-refractivity contribution >= 4 is 11.6 Å². The Morgan fingerprint density at radius 2 is 1.89 bits per heavy atom. The zero-order valence-corrected chi connectivity index (χ0v) is 10.5. The molecule has 0 heterocycles. The van der Waals surface area contributed by atoms with Crippen LogP contribution < -0.4 is 11.1 Å². The third-order valence-corrected chi connectivity index (χ3v) is 2.62. The summed E-state index contributed by atoms with van der Waals surface area (Å²) in [6.07, 6.45) is 0.582. The molecule has 5 heteroatoms.